The monoisotopic (exact) mass is 333 g/mol. The molecule has 1 aromatic heterocycles. The van der Waals surface area contributed by atoms with Gasteiger partial charge in [-0.2, -0.15) is 5.10 Å². The fraction of sp³-hybridized carbons (Fsp3) is 0.526. The smallest absolute Gasteiger partial charge is 0.123 e. The normalized spacial score (nSPS) is 13.9. The van der Waals surface area contributed by atoms with Crippen LogP contribution >= 0.6 is 0 Å². The average molecular weight is 333 g/mol. The molecule has 24 heavy (non-hydrogen) atoms. The molecule has 1 heterocycles. The number of benzene rings is 1. The summed E-state index contributed by atoms with van der Waals surface area (Å²) < 4.78 is 14.9. The van der Waals surface area contributed by atoms with Gasteiger partial charge in [0.25, 0.3) is 0 Å². The van der Waals surface area contributed by atoms with Crippen LogP contribution in [0.3, 0.4) is 0 Å². The molecule has 2 aromatic rings. The molecule has 2 rings (SSSR count). The summed E-state index contributed by atoms with van der Waals surface area (Å²) in [4.78, 5) is 0. The Hall–Kier alpha value is -1.72. The number of aliphatic hydroxyl groups excluding tert-OH is 1. The number of aromatic nitrogens is 2. The Bertz CT molecular complexity index is 651. The Kier molecular flexibility index (Phi) is 6.52. The van der Waals surface area contributed by atoms with Crippen LogP contribution in [-0.2, 0) is 26.4 Å². The van der Waals surface area contributed by atoms with E-state index in [4.69, 9.17) is 0 Å². The van der Waals surface area contributed by atoms with Crippen molar-refractivity contribution in [2.45, 2.75) is 58.7 Å². The van der Waals surface area contributed by atoms with Gasteiger partial charge in [0.1, 0.15) is 5.82 Å². The minimum absolute atomic E-state index is 0.139. The molecule has 1 aromatic carbocycles. The van der Waals surface area contributed by atoms with Crippen LogP contribution < -0.4 is 5.32 Å². The Morgan fingerprint density at radius 2 is 1.88 bits per heavy atom. The number of nitrogens with zero attached hydrogens (tertiary/aromatic N) is 2. The predicted octanol–water partition coefficient (Wildman–Crippen LogP) is 3.29. The Morgan fingerprint density at radius 1 is 1.21 bits per heavy atom. The van der Waals surface area contributed by atoms with Gasteiger partial charge in [-0.1, -0.05) is 26.0 Å². The molecule has 0 bridgehead atoms. The molecule has 0 aliphatic rings. The van der Waals surface area contributed by atoms with Crippen LogP contribution in [0, 0.1) is 5.82 Å². The van der Waals surface area contributed by atoms with Gasteiger partial charge >= 0.3 is 0 Å². The zero-order valence-corrected chi connectivity index (χ0v) is 15.0. The molecule has 0 amide bonds. The van der Waals surface area contributed by atoms with Crippen molar-refractivity contribution < 1.29 is 9.50 Å². The maximum absolute atomic E-state index is 13.0. The van der Waals surface area contributed by atoms with Gasteiger partial charge in [0.05, 0.1) is 11.8 Å². The van der Waals surface area contributed by atoms with Crippen molar-refractivity contribution in [2.24, 2.45) is 7.05 Å². The lowest BCUT2D eigenvalue weighted by molar-refractivity contribution is 0.153. The second-order valence-corrected chi connectivity index (χ2v) is 6.29. The highest BCUT2D eigenvalue weighted by Crippen LogP contribution is 2.20. The minimum Gasteiger partial charge on any atom is -0.388 e. The van der Waals surface area contributed by atoms with Gasteiger partial charge in [-0.15, -0.1) is 0 Å². The first kappa shape index (κ1) is 18.6. The molecule has 0 radical (unpaired) electrons. The van der Waals surface area contributed by atoms with Crippen LogP contribution in [-0.4, -0.2) is 20.9 Å². The van der Waals surface area contributed by atoms with Crippen molar-refractivity contribution in [3.8, 4) is 0 Å². The van der Waals surface area contributed by atoms with Crippen LogP contribution in [0.1, 0.15) is 55.8 Å². The van der Waals surface area contributed by atoms with Gasteiger partial charge in [0.15, 0.2) is 0 Å². The lowest BCUT2D eigenvalue weighted by atomic mass is 10.0. The minimum atomic E-state index is -0.599. The van der Waals surface area contributed by atoms with Gasteiger partial charge in [-0.25, -0.2) is 4.39 Å². The zero-order chi connectivity index (χ0) is 17.7. The fourth-order valence-corrected chi connectivity index (χ4v) is 3.11. The van der Waals surface area contributed by atoms with E-state index in [2.05, 4.69) is 31.2 Å². The number of hydrogen-bond acceptors (Lipinski definition) is 3. The van der Waals surface area contributed by atoms with E-state index < -0.39 is 6.10 Å². The number of hydrogen-bond donors (Lipinski definition) is 2. The molecule has 0 aliphatic heterocycles. The summed E-state index contributed by atoms with van der Waals surface area (Å²) in [7, 11) is 1.99. The number of aryl methyl sites for hydroxylation is 2. The summed E-state index contributed by atoms with van der Waals surface area (Å²) in [6.07, 6.45) is 1.84. The molecule has 5 heteroatoms. The highest BCUT2D eigenvalue weighted by atomic mass is 19.1. The lowest BCUT2D eigenvalue weighted by Crippen LogP contribution is -2.28. The Balaban J connectivity index is 1.96. The van der Waals surface area contributed by atoms with Gasteiger partial charge in [0.2, 0.25) is 0 Å². The predicted molar refractivity (Wildman–Crippen MR) is 94.2 cm³/mol. The summed E-state index contributed by atoms with van der Waals surface area (Å²) in [5, 5.41) is 18.4. The number of halogens is 1. The maximum Gasteiger partial charge on any atom is 0.123 e. The second-order valence-electron chi connectivity index (χ2n) is 6.29. The number of rotatable bonds is 8. The first-order valence-electron chi connectivity index (χ1n) is 8.66. The van der Waals surface area contributed by atoms with Gasteiger partial charge in [-0.05, 0) is 43.9 Å². The molecule has 2 N–H and O–H groups in total. The van der Waals surface area contributed by atoms with E-state index in [0.29, 0.717) is 6.42 Å². The summed E-state index contributed by atoms with van der Waals surface area (Å²) in [6.45, 7) is 7.06. The van der Waals surface area contributed by atoms with E-state index in [-0.39, 0.29) is 11.9 Å². The molecule has 132 valence electrons. The van der Waals surface area contributed by atoms with Crippen molar-refractivity contribution in [3.63, 3.8) is 0 Å². The SMILES string of the molecule is CCc1nn(C)c(CC)c1CNC(C)CC(O)c1ccc(F)cc1. The summed E-state index contributed by atoms with van der Waals surface area (Å²) >= 11 is 0. The van der Waals surface area contributed by atoms with Crippen molar-refractivity contribution in [1.82, 2.24) is 15.1 Å². The molecular weight excluding hydrogens is 305 g/mol. The van der Waals surface area contributed by atoms with E-state index >= 15 is 0 Å². The molecule has 2 atom stereocenters. The summed E-state index contributed by atoms with van der Waals surface area (Å²) in [6, 6.07) is 6.18. The van der Waals surface area contributed by atoms with Crippen LogP contribution in [0.15, 0.2) is 24.3 Å². The summed E-state index contributed by atoms with van der Waals surface area (Å²) in [5.74, 6) is -0.284. The van der Waals surface area contributed by atoms with Crippen molar-refractivity contribution in [2.75, 3.05) is 0 Å². The van der Waals surface area contributed by atoms with E-state index in [0.717, 1.165) is 30.6 Å². The van der Waals surface area contributed by atoms with Crippen LogP contribution in [0.25, 0.3) is 0 Å². The first-order chi connectivity index (χ1) is 11.5. The van der Waals surface area contributed by atoms with E-state index in [1.54, 1.807) is 12.1 Å². The fourth-order valence-electron chi connectivity index (χ4n) is 3.11. The quantitative estimate of drug-likeness (QED) is 0.779. The summed E-state index contributed by atoms with van der Waals surface area (Å²) in [5.41, 5.74) is 4.40. The molecular formula is C19H28FN3O. The van der Waals surface area contributed by atoms with Crippen LogP contribution in [0.2, 0.25) is 0 Å². The van der Waals surface area contributed by atoms with E-state index in [1.165, 1.54) is 23.4 Å². The van der Waals surface area contributed by atoms with Crippen LogP contribution in [0.4, 0.5) is 4.39 Å². The molecule has 0 spiro atoms. The van der Waals surface area contributed by atoms with Gasteiger partial charge in [0, 0.05) is 30.9 Å². The van der Waals surface area contributed by atoms with E-state index in [1.807, 2.05) is 11.7 Å². The average Bonchev–Trinajstić information content (AvgIpc) is 2.88. The molecule has 0 fully saturated rings. The Labute approximate surface area is 143 Å². The lowest BCUT2D eigenvalue weighted by Gasteiger charge is -2.19. The maximum atomic E-state index is 13.0. The number of aliphatic hydroxyl groups is 1. The van der Waals surface area contributed by atoms with Crippen molar-refractivity contribution in [1.29, 1.82) is 0 Å². The zero-order valence-electron chi connectivity index (χ0n) is 15.0. The molecule has 4 nitrogen and oxygen atoms in total. The standard InChI is InChI=1S/C19H28FN3O/c1-5-17-16(18(6-2)23(4)22-17)12-21-13(3)11-19(24)14-7-9-15(20)10-8-14/h7-10,13,19,21,24H,5-6,11-12H2,1-4H3. The molecule has 0 aliphatic carbocycles. The highest BCUT2D eigenvalue weighted by molar-refractivity contribution is 5.26. The second kappa shape index (κ2) is 8.40. The third-order valence-corrected chi connectivity index (χ3v) is 4.49. The van der Waals surface area contributed by atoms with Crippen LogP contribution in [0.5, 0.6) is 0 Å². The third kappa shape index (κ3) is 4.42. The van der Waals surface area contributed by atoms with Crippen molar-refractivity contribution >= 4 is 0 Å². The van der Waals surface area contributed by atoms with E-state index in [9.17, 15) is 9.50 Å². The molecule has 0 saturated carbocycles. The number of nitrogens with one attached hydrogen (secondary N) is 1. The largest absolute Gasteiger partial charge is 0.388 e. The van der Waals surface area contributed by atoms with Gasteiger partial charge in [-0.3, -0.25) is 4.68 Å². The first-order valence-corrected chi connectivity index (χ1v) is 8.66. The topological polar surface area (TPSA) is 50.1 Å². The highest BCUT2D eigenvalue weighted by Gasteiger charge is 2.16. The van der Waals surface area contributed by atoms with Gasteiger partial charge < -0.3 is 10.4 Å². The van der Waals surface area contributed by atoms with Crippen molar-refractivity contribution in [3.05, 3.63) is 52.6 Å². The third-order valence-electron chi connectivity index (χ3n) is 4.49. The molecule has 2 unspecified atom stereocenters. The molecule has 0 saturated heterocycles. The Morgan fingerprint density at radius 3 is 2.46 bits per heavy atom.